The number of fused-ring (bicyclic) bond motifs is 1. The Hall–Kier alpha value is -1.88. The molecule has 5 nitrogen and oxygen atoms in total. The molecule has 2 N–H and O–H groups in total. The number of rotatable bonds is 3. The van der Waals surface area contributed by atoms with Crippen LogP contribution >= 0.6 is 0 Å². The summed E-state index contributed by atoms with van der Waals surface area (Å²) in [6.45, 7) is 4.30. The molecule has 2 aliphatic heterocycles. The lowest BCUT2D eigenvalue weighted by Crippen LogP contribution is -2.52. The van der Waals surface area contributed by atoms with Crippen LogP contribution in [0.4, 0.5) is 0 Å². The third kappa shape index (κ3) is 3.14. The number of hydrogen-bond acceptors (Lipinski definition) is 3. The number of carbonyl (C=O) groups excluding carboxylic acids is 2. The van der Waals surface area contributed by atoms with E-state index in [1.54, 1.807) is 6.07 Å². The summed E-state index contributed by atoms with van der Waals surface area (Å²) in [6.07, 6.45) is 2.45. The molecule has 3 rings (SSSR count). The lowest BCUT2D eigenvalue weighted by molar-refractivity contribution is -0.123. The van der Waals surface area contributed by atoms with Crippen molar-refractivity contribution in [1.29, 1.82) is 0 Å². The van der Waals surface area contributed by atoms with Crippen LogP contribution < -0.4 is 10.6 Å². The van der Waals surface area contributed by atoms with Gasteiger partial charge in [-0.15, -0.1) is 0 Å². The highest BCUT2D eigenvalue weighted by molar-refractivity contribution is 6.00. The topological polar surface area (TPSA) is 67.4 Å². The lowest BCUT2D eigenvalue weighted by Gasteiger charge is -2.34. The Morgan fingerprint density at radius 3 is 2.86 bits per heavy atom. The largest absolute Gasteiger partial charge is 0.381 e. The van der Waals surface area contributed by atoms with Crippen LogP contribution in [0.2, 0.25) is 0 Å². The van der Waals surface area contributed by atoms with Gasteiger partial charge < -0.3 is 15.4 Å². The molecule has 1 atom stereocenters. The fourth-order valence-electron chi connectivity index (χ4n) is 3.05. The predicted molar refractivity (Wildman–Crippen MR) is 82.6 cm³/mol. The van der Waals surface area contributed by atoms with Crippen molar-refractivity contribution in [3.8, 4) is 0 Å². The summed E-state index contributed by atoms with van der Waals surface area (Å²) >= 11 is 0. The number of benzene rings is 1. The first-order valence-electron chi connectivity index (χ1n) is 7.82. The van der Waals surface area contributed by atoms with Gasteiger partial charge in [0, 0.05) is 31.7 Å². The third-order valence-corrected chi connectivity index (χ3v) is 4.70. The number of hydrogen-bond donors (Lipinski definition) is 2. The third-order valence-electron chi connectivity index (χ3n) is 4.70. The maximum atomic E-state index is 12.4. The predicted octanol–water partition coefficient (Wildman–Crippen LogP) is 1.27. The normalized spacial score (nSPS) is 23.3. The van der Waals surface area contributed by atoms with Crippen molar-refractivity contribution in [2.75, 3.05) is 19.8 Å². The maximum absolute atomic E-state index is 12.4. The zero-order valence-corrected chi connectivity index (χ0v) is 12.9. The standard InChI is InChI=1S/C17H22N2O3/c1-17(6-8-22-9-7-17)11-18-16(21)14-10-12-4-2-3-5-13(12)15(20)19-14/h2-5,14H,6-11H2,1H3,(H,18,21)(H,19,20)/t14-/m1/s1. The van der Waals surface area contributed by atoms with Gasteiger partial charge in [0.05, 0.1) is 0 Å². The molecular formula is C17H22N2O3. The number of amides is 2. The minimum Gasteiger partial charge on any atom is -0.381 e. The zero-order chi connectivity index (χ0) is 15.6. The molecule has 0 aliphatic carbocycles. The molecule has 2 aliphatic rings. The minimum absolute atomic E-state index is 0.0878. The van der Waals surface area contributed by atoms with Crippen LogP contribution in [0.1, 0.15) is 35.7 Å². The van der Waals surface area contributed by atoms with E-state index >= 15 is 0 Å². The highest BCUT2D eigenvalue weighted by atomic mass is 16.5. The monoisotopic (exact) mass is 302 g/mol. The Balaban J connectivity index is 1.61. The van der Waals surface area contributed by atoms with Crippen LogP contribution in [-0.4, -0.2) is 37.6 Å². The molecule has 22 heavy (non-hydrogen) atoms. The summed E-state index contributed by atoms with van der Waals surface area (Å²) in [4.78, 5) is 24.4. The summed E-state index contributed by atoms with van der Waals surface area (Å²) in [5.41, 5.74) is 1.69. The van der Waals surface area contributed by atoms with Gasteiger partial charge in [0.1, 0.15) is 6.04 Å². The van der Waals surface area contributed by atoms with Gasteiger partial charge in [0.15, 0.2) is 0 Å². The summed E-state index contributed by atoms with van der Waals surface area (Å²) in [7, 11) is 0. The molecule has 1 saturated heterocycles. The summed E-state index contributed by atoms with van der Waals surface area (Å²) < 4.78 is 5.37. The molecule has 118 valence electrons. The molecule has 0 aromatic heterocycles. The first-order chi connectivity index (χ1) is 10.6. The Labute approximate surface area is 130 Å². The van der Waals surface area contributed by atoms with E-state index in [1.165, 1.54) is 0 Å². The molecule has 5 heteroatoms. The first-order valence-corrected chi connectivity index (χ1v) is 7.82. The number of ether oxygens (including phenoxy) is 1. The van der Waals surface area contributed by atoms with Crippen LogP contribution in [0.5, 0.6) is 0 Å². The maximum Gasteiger partial charge on any atom is 0.252 e. The second-order valence-electron chi connectivity index (χ2n) is 6.53. The van der Waals surface area contributed by atoms with E-state index in [0.29, 0.717) is 18.5 Å². The fourth-order valence-corrected chi connectivity index (χ4v) is 3.05. The van der Waals surface area contributed by atoms with E-state index in [2.05, 4.69) is 17.6 Å². The smallest absolute Gasteiger partial charge is 0.252 e. The molecule has 1 aromatic carbocycles. The van der Waals surface area contributed by atoms with Crippen LogP contribution in [0, 0.1) is 5.41 Å². The Morgan fingerprint density at radius 1 is 1.36 bits per heavy atom. The lowest BCUT2D eigenvalue weighted by atomic mass is 9.82. The van der Waals surface area contributed by atoms with E-state index in [0.717, 1.165) is 31.6 Å². The number of nitrogens with one attached hydrogen (secondary N) is 2. The van der Waals surface area contributed by atoms with E-state index in [9.17, 15) is 9.59 Å². The minimum atomic E-state index is -0.481. The molecule has 0 saturated carbocycles. The molecule has 2 amide bonds. The second-order valence-corrected chi connectivity index (χ2v) is 6.53. The highest BCUT2D eigenvalue weighted by Crippen LogP contribution is 2.28. The fraction of sp³-hybridized carbons (Fsp3) is 0.529. The molecule has 1 fully saturated rings. The molecule has 0 unspecified atom stereocenters. The van der Waals surface area contributed by atoms with E-state index in [-0.39, 0.29) is 17.2 Å². The van der Waals surface area contributed by atoms with Crippen molar-refractivity contribution in [3.05, 3.63) is 35.4 Å². The van der Waals surface area contributed by atoms with Crippen molar-refractivity contribution in [2.24, 2.45) is 5.41 Å². The van der Waals surface area contributed by atoms with Crippen LogP contribution in [0.15, 0.2) is 24.3 Å². The van der Waals surface area contributed by atoms with Crippen molar-refractivity contribution < 1.29 is 14.3 Å². The van der Waals surface area contributed by atoms with E-state index in [1.807, 2.05) is 18.2 Å². The average molecular weight is 302 g/mol. The van der Waals surface area contributed by atoms with Crippen LogP contribution in [-0.2, 0) is 16.0 Å². The van der Waals surface area contributed by atoms with E-state index < -0.39 is 6.04 Å². The second kappa shape index (κ2) is 6.08. The zero-order valence-electron chi connectivity index (χ0n) is 12.9. The Kier molecular flexibility index (Phi) is 4.16. The Morgan fingerprint density at radius 2 is 2.09 bits per heavy atom. The first kappa shape index (κ1) is 15.0. The van der Waals surface area contributed by atoms with Gasteiger partial charge >= 0.3 is 0 Å². The SMILES string of the molecule is CC1(CNC(=O)[C@H]2Cc3ccccc3C(=O)N2)CCOCC1. The molecule has 0 spiro atoms. The quantitative estimate of drug-likeness (QED) is 0.883. The molecule has 1 aromatic rings. The van der Waals surface area contributed by atoms with Gasteiger partial charge in [0.2, 0.25) is 5.91 Å². The van der Waals surface area contributed by atoms with Gasteiger partial charge in [-0.25, -0.2) is 0 Å². The summed E-state index contributed by atoms with van der Waals surface area (Å²) in [6, 6.07) is 6.96. The molecule has 0 radical (unpaired) electrons. The number of carbonyl (C=O) groups is 2. The van der Waals surface area contributed by atoms with Crippen molar-refractivity contribution >= 4 is 11.8 Å². The van der Waals surface area contributed by atoms with Gasteiger partial charge in [-0.2, -0.15) is 0 Å². The summed E-state index contributed by atoms with van der Waals surface area (Å²) in [5.74, 6) is -0.269. The highest BCUT2D eigenvalue weighted by Gasteiger charge is 2.31. The van der Waals surface area contributed by atoms with E-state index in [4.69, 9.17) is 4.74 Å². The molecule has 0 bridgehead atoms. The molecular weight excluding hydrogens is 280 g/mol. The van der Waals surface area contributed by atoms with Crippen LogP contribution in [0.3, 0.4) is 0 Å². The van der Waals surface area contributed by atoms with Crippen molar-refractivity contribution in [2.45, 2.75) is 32.2 Å². The van der Waals surface area contributed by atoms with Gasteiger partial charge in [-0.3, -0.25) is 9.59 Å². The summed E-state index contributed by atoms with van der Waals surface area (Å²) in [5, 5.41) is 5.80. The van der Waals surface area contributed by atoms with Gasteiger partial charge in [0.25, 0.3) is 5.91 Å². The Bertz CT molecular complexity index is 579. The van der Waals surface area contributed by atoms with Crippen molar-refractivity contribution in [1.82, 2.24) is 10.6 Å². The molecule has 2 heterocycles. The van der Waals surface area contributed by atoms with Gasteiger partial charge in [-0.05, 0) is 29.9 Å². The van der Waals surface area contributed by atoms with Crippen LogP contribution in [0.25, 0.3) is 0 Å². The van der Waals surface area contributed by atoms with Gasteiger partial charge in [-0.1, -0.05) is 25.1 Å². The van der Waals surface area contributed by atoms with Crippen molar-refractivity contribution in [3.63, 3.8) is 0 Å². The average Bonchev–Trinajstić information content (AvgIpc) is 2.53.